The predicted molar refractivity (Wildman–Crippen MR) is 140 cm³/mol. The first-order valence-electron chi connectivity index (χ1n) is 12.2. The fourth-order valence-corrected chi connectivity index (χ4v) is 5.14. The van der Waals surface area contributed by atoms with Crippen molar-refractivity contribution >= 4 is 44.8 Å². The summed E-state index contributed by atoms with van der Waals surface area (Å²) >= 11 is 14.5. The molecule has 35 heavy (non-hydrogen) atoms. The van der Waals surface area contributed by atoms with Crippen LogP contribution in [0.25, 0.3) is 0 Å². The second-order valence-corrected chi connectivity index (χ2v) is 10.6. The molecule has 0 aromatic carbocycles. The molecule has 1 aliphatic carbocycles. The molecule has 3 saturated heterocycles. The zero-order chi connectivity index (χ0) is 24.6. The van der Waals surface area contributed by atoms with Gasteiger partial charge >= 0.3 is 0 Å². The molecule has 0 amide bonds. The first-order valence-corrected chi connectivity index (χ1v) is 13.7. The summed E-state index contributed by atoms with van der Waals surface area (Å²) in [6.07, 6.45) is 11.4. The summed E-state index contributed by atoms with van der Waals surface area (Å²) in [7, 11) is 0. The number of piperidine rings is 1. The quantitative estimate of drug-likeness (QED) is 0.364. The molecule has 0 unspecified atom stereocenters. The van der Waals surface area contributed by atoms with Crippen LogP contribution < -0.4 is 4.90 Å². The number of anilines is 1. The largest absolute Gasteiger partial charge is 0.370 e. The molecule has 6 rings (SSSR count). The van der Waals surface area contributed by atoms with Crippen LogP contribution in [0, 0.1) is 0 Å². The van der Waals surface area contributed by atoms with Crippen LogP contribution in [0.4, 0.5) is 5.69 Å². The highest BCUT2D eigenvalue weighted by Crippen LogP contribution is 2.35. The van der Waals surface area contributed by atoms with Crippen LogP contribution in [0.3, 0.4) is 0 Å². The molecule has 2 spiro atoms. The molecule has 2 aromatic rings. The fourth-order valence-electron chi connectivity index (χ4n) is 4.68. The van der Waals surface area contributed by atoms with Gasteiger partial charge in [-0.2, -0.15) is 0 Å². The summed E-state index contributed by atoms with van der Waals surface area (Å²) in [4.78, 5) is 10.2. The standard InChI is InChI=1S/C12H15ClN2O2.C8H14O2.C5H3BrClN/c13-11-2-1-10(9-14-11)15-5-3-12(4-6-15)16-7-8-17-12;1-2-4-8(5-3-1)9-6-7-10-8;6-4-1-2-5(7)8-3-4/h1-2,9H,3-8H2;1-7H2;1-3H. The SMILES string of the molecule is C1CCC2(CC1)OCCO2.Clc1ccc(Br)cn1.Clc1ccc(N2CCC3(CC2)OCCO3)cn1. The van der Waals surface area contributed by atoms with Crippen molar-refractivity contribution in [3.63, 3.8) is 0 Å². The molecule has 2 aromatic heterocycles. The van der Waals surface area contributed by atoms with Crippen LogP contribution in [0.15, 0.2) is 41.1 Å². The van der Waals surface area contributed by atoms with Crippen molar-refractivity contribution in [2.75, 3.05) is 44.4 Å². The molecule has 0 bridgehead atoms. The summed E-state index contributed by atoms with van der Waals surface area (Å²) < 4.78 is 23.5. The van der Waals surface area contributed by atoms with E-state index in [1.807, 2.05) is 24.4 Å². The van der Waals surface area contributed by atoms with Crippen molar-refractivity contribution < 1.29 is 18.9 Å². The van der Waals surface area contributed by atoms with Crippen molar-refractivity contribution in [3.8, 4) is 0 Å². The van der Waals surface area contributed by atoms with Gasteiger partial charge in [-0.3, -0.25) is 0 Å². The molecule has 3 aliphatic heterocycles. The monoisotopic (exact) mass is 587 g/mol. The van der Waals surface area contributed by atoms with Gasteiger partial charge in [0.1, 0.15) is 10.3 Å². The van der Waals surface area contributed by atoms with E-state index >= 15 is 0 Å². The molecule has 5 heterocycles. The Bertz CT molecular complexity index is 869. The van der Waals surface area contributed by atoms with Crippen molar-refractivity contribution in [1.82, 2.24) is 9.97 Å². The van der Waals surface area contributed by atoms with E-state index < -0.39 is 0 Å². The summed E-state index contributed by atoms with van der Waals surface area (Å²) in [5.74, 6) is -0.436. The van der Waals surface area contributed by atoms with Crippen LogP contribution in [0.2, 0.25) is 10.3 Å². The Labute approximate surface area is 225 Å². The van der Waals surface area contributed by atoms with Crippen LogP contribution in [0.1, 0.15) is 44.9 Å². The predicted octanol–water partition coefficient (Wildman–Crippen LogP) is 6.27. The van der Waals surface area contributed by atoms with Gasteiger partial charge in [-0.25, -0.2) is 9.97 Å². The van der Waals surface area contributed by atoms with Gasteiger partial charge in [-0.15, -0.1) is 0 Å². The minimum Gasteiger partial charge on any atom is -0.370 e. The first kappa shape index (κ1) is 27.0. The van der Waals surface area contributed by atoms with E-state index in [0.29, 0.717) is 10.3 Å². The van der Waals surface area contributed by atoms with Gasteiger partial charge in [-0.05, 0) is 53.0 Å². The minimum atomic E-state index is -0.309. The third kappa shape index (κ3) is 7.99. The summed E-state index contributed by atoms with van der Waals surface area (Å²) in [6.45, 7) is 4.93. The molecule has 192 valence electrons. The van der Waals surface area contributed by atoms with Crippen molar-refractivity contribution in [3.05, 3.63) is 51.4 Å². The van der Waals surface area contributed by atoms with Crippen LogP contribution >= 0.6 is 39.1 Å². The number of rotatable bonds is 1. The lowest BCUT2D eigenvalue weighted by Crippen LogP contribution is -2.45. The van der Waals surface area contributed by atoms with E-state index in [1.165, 1.54) is 19.3 Å². The lowest BCUT2D eigenvalue weighted by Gasteiger charge is -2.38. The Balaban J connectivity index is 0.000000136. The third-order valence-electron chi connectivity index (χ3n) is 6.54. The van der Waals surface area contributed by atoms with Gasteiger partial charge in [0.05, 0.1) is 38.3 Å². The third-order valence-corrected chi connectivity index (χ3v) is 7.45. The Morgan fingerprint density at radius 3 is 1.66 bits per heavy atom. The van der Waals surface area contributed by atoms with Crippen molar-refractivity contribution in [1.29, 1.82) is 0 Å². The molecule has 1 saturated carbocycles. The normalized spacial score (nSPS) is 22.3. The van der Waals surface area contributed by atoms with Crippen molar-refractivity contribution in [2.24, 2.45) is 0 Å². The highest BCUT2D eigenvalue weighted by molar-refractivity contribution is 9.10. The highest BCUT2D eigenvalue weighted by atomic mass is 79.9. The summed E-state index contributed by atoms with van der Waals surface area (Å²) in [5, 5.41) is 1.05. The lowest BCUT2D eigenvalue weighted by molar-refractivity contribution is -0.176. The molecular weight excluding hydrogens is 557 g/mol. The first-order chi connectivity index (χ1) is 17.0. The number of halogens is 3. The smallest absolute Gasteiger partial charge is 0.171 e. The maximum Gasteiger partial charge on any atom is 0.171 e. The zero-order valence-corrected chi connectivity index (χ0v) is 22.9. The average molecular weight is 589 g/mol. The van der Waals surface area contributed by atoms with Crippen LogP contribution in [0.5, 0.6) is 0 Å². The highest BCUT2D eigenvalue weighted by Gasteiger charge is 2.40. The molecule has 0 N–H and O–H groups in total. The van der Waals surface area contributed by atoms with Crippen LogP contribution in [-0.2, 0) is 18.9 Å². The van der Waals surface area contributed by atoms with E-state index in [9.17, 15) is 0 Å². The molecule has 7 nitrogen and oxygen atoms in total. The number of ether oxygens (including phenoxy) is 4. The van der Waals surface area contributed by atoms with Gasteiger partial charge in [0.25, 0.3) is 0 Å². The molecule has 4 fully saturated rings. The average Bonchev–Trinajstić information content (AvgIpc) is 3.53. The van der Waals surface area contributed by atoms with Gasteiger partial charge < -0.3 is 23.8 Å². The van der Waals surface area contributed by atoms with Crippen molar-refractivity contribution in [2.45, 2.75) is 56.5 Å². The Morgan fingerprint density at radius 1 is 0.686 bits per heavy atom. The second-order valence-electron chi connectivity index (χ2n) is 8.90. The Morgan fingerprint density at radius 2 is 1.20 bits per heavy atom. The molecule has 4 aliphatic rings. The molecule has 0 atom stereocenters. The van der Waals surface area contributed by atoms with E-state index in [-0.39, 0.29) is 11.6 Å². The van der Waals surface area contributed by atoms with E-state index in [0.717, 1.165) is 75.4 Å². The number of hydrogen-bond acceptors (Lipinski definition) is 7. The summed E-state index contributed by atoms with van der Waals surface area (Å²) in [5.41, 5.74) is 1.11. The maximum absolute atomic E-state index is 5.78. The van der Waals surface area contributed by atoms with E-state index in [1.54, 1.807) is 12.3 Å². The molecule has 0 radical (unpaired) electrons. The van der Waals surface area contributed by atoms with Crippen LogP contribution in [-0.4, -0.2) is 61.1 Å². The maximum atomic E-state index is 5.78. The Hall–Kier alpha value is -1.00. The number of hydrogen-bond donors (Lipinski definition) is 0. The summed E-state index contributed by atoms with van der Waals surface area (Å²) in [6, 6.07) is 7.40. The second kappa shape index (κ2) is 13.0. The van der Waals surface area contributed by atoms with Gasteiger partial charge in [0.15, 0.2) is 11.6 Å². The van der Waals surface area contributed by atoms with E-state index in [4.69, 9.17) is 42.1 Å². The number of pyridine rings is 2. The van der Waals surface area contributed by atoms with Gasteiger partial charge in [0, 0.05) is 49.4 Å². The minimum absolute atomic E-state index is 0.127. The number of nitrogens with zero attached hydrogens (tertiary/aromatic N) is 3. The van der Waals surface area contributed by atoms with Gasteiger partial charge in [-0.1, -0.05) is 29.6 Å². The Kier molecular flexibility index (Phi) is 10.0. The molecule has 10 heteroatoms. The van der Waals surface area contributed by atoms with E-state index in [2.05, 4.69) is 30.8 Å². The van der Waals surface area contributed by atoms with Gasteiger partial charge in [0.2, 0.25) is 0 Å². The topological polar surface area (TPSA) is 65.9 Å². The lowest BCUT2D eigenvalue weighted by atomic mass is 9.94. The number of aromatic nitrogens is 2. The fraction of sp³-hybridized carbons (Fsp3) is 0.600. The zero-order valence-electron chi connectivity index (χ0n) is 19.8. The molecular formula is C25H32BrCl2N3O4.